The minimum atomic E-state index is -4.55. The predicted octanol–water partition coefficient (Wildman–Crippen LogP) is 4.08. The zero-order valence-corrected chi connectivity index (χ0v) is 18.8. The number of carbonyl (C=O) groups excluding carboxylic acids is 1. The molecule has 1 N–H and O–H groups in total. The number of benzene rings is 1. The smallest absolute Gasteiger partial charge is 0.367 e. The molecule has 2 bridgehead atoms. The molecule has 2 atom stereocenters. The molecular formula is C22H21ClF3N7O. The summed E-state index contributed by atoms with van der Waals surface area (Å²) in [7, 11) is 0. The normalized spacial score (nSPS) is 24.0. The Hall–Kier alpha value is -3.21. The van der Waals surface area contributed by atoms with Crippen LogP contribution in [-0.2, 0) is 6.18 Å². The van der Waals surface area contributed by atoms with Gasteiger partial charge in [0.15, 0.2) is 5.69 Å². The number of piperidine rings is 2. The fraction of sp³-hybridized carbons (Fsp3) is 0.409. The quantitative estimate of drug-likeness (QED) is 0.578. The predicted molar refractivity (Wildman–Crippen MR) is 118 cm³/mol. The summed E-state index contributed by atoms with van der Waals surface area (Å²) in [6, 6.07) is 4.89. The molecule has 12 heteroatoms. The monoisotopic (exact) mass is 491 g/mol. The van der Waals surface area contributed by atoms with Gasteiger partial charge in [-0.25, -0.2) is 9.97 Å². The van der Waals surface area contributed by atoms with Crippen LogP contribution in [0.25, 0.3) is 5.69 Å². The maximum absolute atomic E-state index is 13.8. The minimum absolute atomic E-state index is 0.0802. The Morgan fingerprint density at radius 2 is 1.91 bits per heavy atom. The second-order valence-electron chi connectivity index (χ2n) is 8.67. The Bertz CT molecular complexity index is 1180. The van der Waals surface area contributed by atoms with Gasteiger partial charge in [-0.3, -0.25) is 4.79 Å². The highest BCUT2D eigenvalue weighted by atomic mass is 35.5. The molecule has 1 saturated carbocycles. The zero-order valence-electron chi connectivity index (χ0n) is 18.1. The number of aromatic nitrogens is 5. The van der Waals surface area contributed by atoms with E-state index in [4.69, 9.17) is 11.6 Å². The van der Waals surface area contributed by atoms with Crippen molar-refractivity contribution in [3.63, 3.8) is 0 Å². The van der Waals surface area contributed by atoms with Crippen LogP contribution in [0.4, 0.5) is 19.0 Å². The Labute approximate surface area is 198 Å². The summed E-state index contributed by atoms with van der Waals surface area (Å²) in [4.78, 5) is 24.4. The van der Waals surface area contributed by atoms with Crippen LogP contribution in [0.1, 0.15) is 35.8 Å². The molecule has 1 aromatic carbocycles. The molecule has 2 unspecified atom stereocenters. The van der Waals surface area contributed by atoms with Crippen LogP contribution < -0.4 is 5.32 Å². The number of hydrogen-bond donors (Lipinski definition) is 1. The van der Waals surface area contributed by atoms with Gasteiger partial charge in [-0.15, -0.1) is 0 Å². The first-order chi connectivity index (χ1) is 16.2. The van der Waals surface area contributed by atoms with Gasteiger partial charge < -0.3 is 10.2 Å². The number of carbonyl (C=O) groups is 1. The topological polar surface area (TPSA) is 88.8 Å². The first-order valence-electron chi connectivity index (χ1n) is 10.8. The standard InChI is InChI=1S/C22H21ClF3N7O/c1-12-13-6-15(7-13)32(18(12)9-28-20-11-27-19(10-29-20)22(24,25)26)21(34)16-8-14(23)2-3-17(16)33-30-4-5-31-33/h2-5,8,10-13,15,18H,6-7,9H2,1H3,(H,28,29). The lowest BCUT2D eigenvalue weighted by molar-refractivity contribution is -0.141. The molecule has 178 valence electrons. The maximum Gasteiger partial charge on any atom is 0.434 e. The van der Waals surface area contributed by atoms with Gasteiger partial charge >= 0.3 is 6.18 Å². The van der Waals surface area contributed by atoms with Crippen LogP contribution in [0.2, 0.25) is 5.02 Å². The van der Waals surface area contributed by atoms with Crippen LogP contribution in [0, 0.1) is 11.8 Å². The lowest BCUT2D eigenvalue weighted by Crippen LogP contribution is -2.64. The number of nitrogens with zero attached hydrogens (tertiary/aromatic N) is 6. The van der Waals surface area contributed by atoms with E-state index in [0.29, 0.717) is 34.9 Å². The zero-order chi connectivity index (χ0) is 24.0. The molecule has 6 rings (SSSR count). The Morgan fingerprint density at radius 3 is 2.56 bits per heavy atom. The van der Waals surface area contributed by atoms with Gasteiger partial charge in [0.25, 0.3) is 5.91 Å². The molecule has 3 aromatic rings. The SMILES string of the molecule is CC1C2CC(C2)N(C(=O)c2cc(Cl)ccc2-n2nccn2)C1CNc1cnc(C(F)(F)F)cn1. The molecule has 1 amide bonds. The van der Waals surface area contributed by atoms with Crippen molar-refractivity contribution < 1.29 is 18.0 Å². The third kappa shape index (κ3) is 4.08. The van der Waals surface area contributed by atoms with E-state index in [1.54, 1.807) is 18.2 Å². The van der Waals surface area contributed by atoms with Crippen molar-refractivity contribution in [2.75, 3.05) is 11.9 Å². The lowest BCUT2D eigenvalue weighted by atomic mass is 9.64. The molecule has 8 nitrogen and oxygen atoms in total. The molecule has 2 aliphatic heterocycles. The molecule has 1 aliphatic carbocycles. The average Bonchev–Trinajstić information content (AvgIpc) is 3.31. The van der Waals surface area contributed by atoms with Gasteiger partial charge in [0, 0.05) is 17.6 Å². The van der Waals surface area contributed by atoms with Gasteiger partial charge in [-0.05, 0) is 42.9 Å². The molecule has 4 heterocycles. The third-order valence-electron chi connectivity index (χ3n) is 6.74. The number of nitrogens with one attached hydrogen (secondary N) is 1. The second kappa shape index (κ2) is 8.53. The molecule has 34 heavy (non-hydrogen) atoms. The first kappa shape index (κ1) is 22.6. The van der Waals surface area contributed by atoms with Crippen molar-refractivity contribution in [2.24, 2.45) is 11.8 Å². The molecule has 3 aliphatic rings. The minimum Gasteiger partial charge on any atom is -0.367 e. The van der Waals surface area contributed by atoms with Gasteiger partial charge in [-0.2, -0.15) is 28.2 Å². The fourth-order valence-electron chi connectivity index (χ4n) is 4.83. The molecule has 2 aromatic heterocycles. The van der Waals surface area contributed by atoms with Crippen LogP contribution in [0.15, 0.2) is 43.0 Å². The van der Waals surface area contributed by atoms with Crippen LogP contribution in [0.3, 0.4) is 0 Å². The summed E-state index contributed by atoms with van der Waals surface area (Å²) in [6.45, 7) is 2.43. The largest absolute Gasteiger partial charge is 0.434 e. The first-order valence-corrected chi connectivity index (χ1v) is 11.2. The van der Waals surface area contributed by atoms with E-state index < -0.39 is 11.9 Å². The highest BCUT2D eigenvalue weighted by Crippen LogP contribution is 2.47. The summed E-state index contributed by atoms with van der Waals surface area (Å²) < 4.78 is 38.3. The van der Waals surface area contributed by atoms with Gasteiger partial charge in [0.1, 0.15) is 5.82 Å². The van der Waals surface area contributed by atoms with E-state index in [9.17, 15) is 18.0 Å². The summed E-state index contributed by atoms with van der Waals surface area (Å²) in [5, 5.41) is 11.8. The number of fused-ring (bicyclic) bond motifs is 2. The van der Waals surface area contributed by atoms with E-state index >= 15 is 0 Å². The van der Waals surface area contributed by atoms with Crippen molar-refractivity contribution in [2.45, 2.75) is 38.0 Å². The number of halogens is 4. The van der Waals surface area contributed by atoms with Crippen molar-refractivity contribution >= 4 is 23.3 Å². The van der Waals surface area contributed by atoms with Gasteiger partial charge in [0.2, 0.25) is 0 Å². The summed E-state index contributed by atoms with van der Waals surface area (Å²) in [6.07, 6.45) is 2.09. The second-order valence-corrected chi connectivity index (χ2v) is 9.11. The van der Waals surface area contributed by atoms with Crippen LogP contribution in [-0.4, -0.2) is 54.4 Å². The molecule has 2 saturated heterocycles. The van der Waals surface area contributed by atoms with E-state index in [1.807, 2.05) is 4.90 Å². The van der Waals surface area contributed by atoms with Crippen molar-refractivity contribution in [3.8, 4) is 5.69 Å². The average molecular weight is 492 g/mol. The third-order valence-corrected chi connectivity index (χ3v) is 6.98. The van der Waals surface area contributed by atoms with Crippen LogP contribution in [0.5, 0.6) is 0 Å². The van der Waals surface area contributed by atoms with Gasteiger partial charge in [-0.1, -0.05) is 18.5 Å². The lowest BCUT2D eigenvalue weighted by Gasteiger charge is -2.57. The number of alkyl halides is 3. The van der Waals surface area contributed by atoms with Crippen molar-refractivity contribution in [1.29, 1.82) is 0 Å². The Kier molecular flexibility index (Phi) is 5.67. The van der Waals surface area contributed by atoms with Gasteiger partial charge in [0.05, 0.1) is 42.1 Å². The number of amides is 1. The Balaban J connectivity index is 1.40. The summed E-state index contributed by atoms with van der Waals surface area (Å²) >= 11 is 6.23. The molecular weight excluding hydrogens is 471 g/mol. The highest BCUT2D eigenvalue weighted by molar-refractivity contribution is 6.31. The van der Waals surface area contributed by atoms with E-state index in [1.165, 1.54) is 17.2 Å². The number of anilines is 1. The molecule has 3 fully saturated rings. The van der Waals surface area contributed by atoms with Crippen LogP contribution >= 0.6 is 11.6 Å². The number of hydrogen-bond acceptors (Lipinski definition) is 6. The highest BCUT2D eigenvalue weighted by Gasteiger charge is 2.50. The molecule has 0 radical (unpaired) electrons. The van der Waals surface area contributed by atoms with E-state index in [0.717, 1.165) is 19.0 Å². The van der Waals surface area contributed by atoms with E-state index in [2.05, 4.69) is 32.4 Å². The Morgan fingerprint density at radius 1 is 1.18 bits per heavy atom. The maximum atomic E-state index is 13.8. The van der Waals surface area contributed by atoms with Crippen molar-refractivity contribution in [3.05, 3.63) is 59.3 Å². The summed E-state index contributed by atoms with van der Waals surface area (Å²) in [5.74, 6) is 0.714. The number of rotatable bonds is 5. The summed E-state index contributed by atoms with van der Waals surface area (Å²) in [5.41, 5.74) is -0.141. The van der Waals surface area contributed by atoms with E-state index in [-0.39, 0.29) is 29.7 Å². The van der Waals surface area contributed by atoms with Crippen molar-refractivity contribution in [1.82, 2.24) is 29.9 Å². The molecule has 0 spiro atoms. The fourth-order valence-corrected chi connectivity index (χ4v) is 5.01.